The van der Waals surface area contributed by atoms with E-state index >= 15 is 0 Å². The van der Waals surface area contributed by atoms with Crippen LogP contribution in [0, 0.1) is 10.1 Å². The van der Waals surface area contributed by atoms with E-state index in [-0.39, 0.29) is 5.69 Å². The van der Waals surface area contributed by atoms with Crippen LogP contribution in [0.3, 0.4) is 0 Å². The molecule has 4 aromatic rings. The first-order chi connectivity index (χ1) is 15.5. The van der Waals surface area contributed by atoms with Gasteiger partial charge in [-0.1, -0.05) is 23.2 Å². The highest BCUT2D eigenvalue weighted by atomic mass is 35.5. The topological polar surface area (TPSA) is 149 Å². The van der Waals surface area contributed by atoms with Crippen LogP contribution >= 0.6 is 23.2 Å². The maximum Gasteiger partial charge on any atom is 0.287 e. The van der Waals surface area contributed by atoms with Gasteiger partial charge in [0.1, 0.15) is 29.7 Å². The van der Waals surface area contributed by atoms with Crippen molar-refractivity contribution in [3.05, 3.63) is 69.2 Å². The lowest BCUT2D eigenvalue weighted by Crippen LogP contribution is -2.16. The van der Waals surface area contributed by atoms with Crippen molar-refractivity contribution < 1.29 is 4.92 Å². The van der Waals surface area contributed by atoms with Gasteiger partial charge in [-0.15, -0.1) is 5.10 Å². The number of hydrogen-bond donors (Lipinski definition) is 2. The standard InChI is InChI=1S/C18H14Cl2N10O2/c19-11-1-3-13(14(20)7-11)17-15(29-10-25-27-28-29)9-24-18(26-17)22-6-5-21-16-4-2-12(8-23-16)30(31)32/h1-4,7-10H,5-6H2,(H,21,23)(H,22,24,26). The molecule has 0 radical (unpaired) electrons. The molecule has 0 bridgehead atoms. The Morgan fingerprint density at radius 2 is 1.91 bits per heavy atom. The largest absolute Gasteiger partial charge is 0.368 e. The summed E-state index contributed by atoms with van der Waals surface area (Å²) in [7, 11) is 0. The molecule has 3 aromatic heterocycles. The molecule has 1 aromatic carbocycles. The molecule has 32 heavy (non-hydrogen) atoms. The lowest BCUT2D eigenvalue weighted by atomic mass is 10.1. The number of nitrogens with zero attached hydrogens (tertiary/aromatic N) is 8. The minimum Gasteiger partial charge on any atom is -0.368 e. The third-order valence-electron chi connectivity index (χ3n) is 4.22. The smallest absolute Gasteiger partial charge is 0.287 e. The predicted molar refractivity (Wildman–Crippen MR) is 118 cm³/mol. The lowest BCUT2D eigenvalue weighted by Gasteiger charge is -2.12. The Bertz CT molecular complexity index is 1240. The van der Waals surface area contributed by atoms with Gasteiger partial charge in [-0.2, -0.15) is 4.68 Å². The molecule has 0 aliphatic carbocycles. The number of anilines is 2. The number of halogens is 2. The van der Waals surface area contributed by atoms with Crippen molar-refractivity contribution in [2.45, 2.75) is 0 Å². The first-order valence-corrected chi connectivity index (χ1v) is 9.91. The van der Waals surface area contributed by atoms with Crippen molar-refractivity contribution >= 4 is 40.7 Å². The highest BCUT2D eigenvalue weighted by Crippen LogP contribution is 2.32. The molecule has 0 aliphatic heterocycles. The SMILES string of the molecule is O=[N+]([O-])c1ccc(NCCNc2ncc(-n3cnnn3)c(-c3ccc(Cl)cc3Cl)n2)nc1. The highest BCUT2D eigenvalue weighted by molar-refractivity contribution is 6.36. The molecule has 0 unspecified atom stereocenters. The summed E-state index contributed by atoms with van der Waals surface area (Å²) >= 11 is 12.4. The van der Waals surface area contributed by atoms with Crippen molar-refractivity contribution in [3.63, 3.8) is 0 Å². The Balaban J connectivity index is 1.49. The molecule has 4 rings (SSSR count). The third kappa shape index (κ3) is 4.87. The Labute approximate surface area is 190 Å². The van der Waals surface area contributed by atoms with Gasteiger partial charge in [0.15, 0.2) is 0 Å². The average Bonchev–Trinajstić information content (AvgIpc) is 3.32. The Kier molecular flexibility index (Phi) is 6.33. The van der Waals surface area contributed by atoms with E-state index in [9.17, 15) is 10.1 Å². The van der Waals surface area contributed by atoms with Crippen molar-refractivity contribution in [3.8, 4) is 16.9 Å². The van der Waals surface area contributed by atoms with Crippen LogP contribution in [0.1, 0.15) is 0 Å². The first-order valence-electron chi connectivity index (χ1n) is 9.15. The molecular formula is C18H14Cl2N10O2. The van der Waals surface area contributed by atoms with E-state index in [1.54, 1.807) is 24.4 Å². The summed E-state index contributed by atoms with van der Waals surface area (Å²) in [6.07, 6.45) is 4.20. The van der Waals surface area contributed by atoms with Crippen LogP contribution in [0.2, 0.25) is 10.0 Å². The maximum absolute atomic E-state index is 10.7. The Hall–Kier alpha value is -3.90. The van der Waals surface area contributed by atoms with Crippen LogP contribution in [0.5, 0.6) is 0 Å². The summed E-state index contributed by atoms with van der Waals surface area (Å²) < 4.78 is 1.44. The molecule has 162 valence electrons. The summed E-state index contributed by atoms with van der Waals surface area (Å²) in [5, 5.41) is 29.0. The lowest BCUT2D eigenvalue weighted by molar-refractivity contribution is -0.385. The van der Waals surface area contributed by atoms with Crippen LogP contribution in [0.15, 0.2) is 49.1 Å². The molecule has 0 amide bonds. The van der Waals surface area contributed by atoms with Gasteiger partial charge in [0.05, 0.1) is 16.1 Å². The van der Waals surface area contributed by atoms with Crippen molar-refractivity contribution in [1.82, 2.24) is 35.2 Å². The van der Waals surface area contributed by atoms with Gasteiger partial charge >= 0.3 is 0 Å². The van der Waals surface area contributed by atoms with E-state index in [0.717, 1.165) is 0 Å². The molecule has 0 fully saturated rings. The first kappa shape index (κ1) is 21.3. The van der Waals surface area contributed by atoms with Gasteiger partial charge in [-0.05, 0) is 34.7 Å². The number of benzene rings is 1. The number of aromatic nitrogens is 7. The van der Waals surface area contributed by atoms with Crippen LogP contribution in [-0.2, 0) is 0 Å². The predicted octanol–water partition coefficient (Wildman–Crippen LogP) is 3.25. The molecular weight excluding hydrogens is 459 g/mol. The number of nitro groups is 1. The summed E-state index contributed by atoms with van der Waals surface area (Å²) in [6, 6.07) is 8.01. The minimum atomic E-state index is -0.501. The molecule has 0 saturated carbocycles. The zero-order valence-corrected chi connectivity index (χ0v) is 17.7. The molecule has 3 heterocycles. The van der Waals surface area contributed by atoms with Crippen LogP contribution in [0.25, 0.3) is 16.9 Å². The van der Waals surface area contributed by atoms with Gasteiger partial charge in [-0.3, -0.25) is 10.1 Å². The van der Waals surface area contributed by atoms with Crippen LogP contribution in [-0.4, -0.2) is 53.2 Å². The number of hydrogen-bond acceptors (Lipinski definition) is 10. The Morgan fingerprint density at radius 1 is 1.06 bits per heavy atom. The van der Waals surface area contributed by atoms with Gasteiger partial charge in [0.25, 0.3) is 5.69 Å². The fraction of sp³-hybridized carbons (Fsp3) is 0.111. The normalized spacial score (nSPS) is 10.7. The fourth-order valence-electron chi connectivity index (χ4n) is 2.74. The average molecular weight is 473 g/mol. The monoisotopic (exact) mass is 472 g/mol. The van der Waals surface area contributed by atoms with Crippen molar-refractivity contribution in [2.24, 2.45) is 0 Å². The van der Waals surface area contributed by atoms with Crippen molar-refractivity contribution in [1.29, 1.82) is 0 Å². The molecule has 0 spiro atoms. The Morgan fingerprint density at radius 3 is 2.59 bits per heavy atom. The van der Waals surface area contributed by atoms with Gasteiger partial charge in [-0.25, -0.2) is 15.0 Å². The molecule has 0 aliphatic rings. The number of pyridine rings is 1. The second-order valence-corrected chi connectivity index (χ2v) is 7.16. The summed E-state index contributed by atoms with van der Waals surface area (Å²) in [6.45, 7) is 0.927. The summed E-state index contributed by atoms with van der Waals surface area (Å²) in [5.41, 5.74) is 1.62. The van der Waals surface area contributed by atoms with E-state index in [1.807, 2.05) is 0 Å². The zero-order valence-electron chi connectivity index (χ0n) is 16.2. The number of rotatable bonds is 8. The number of tetrazole rings is 1. The zero-order chi connectivity index (χ0) is 22.5. The molecule has 0 atom stereocenters. The molecule has 0 saturated heterocycles. The number of nitrogens with one attached hydrogen (secondary N) is 2. The molecule has 2 N–H and O–H groups in total. The van der Waals surface area contributed by atoms with Gasteiger partial charge in [0, 0.05) is 29.7 Å². The summed E-state index contributed by atoms with van der Waals surface area (Å²) in [4.78, 5) is 23.1. The van der Waals surface area contributed by atoms with E-state index in [4.69, 9.17) is 23.2 Å². The summed E-state index contributed by atoms with van der Waals surface area (Å²) in [5.74, 6) is 0.877. The van der Waals surface area contributed by atoms with E-state index in [1.165, 1.54) is 29.3 Å². The second kappa shape index (κ2) is 9.49. The van der Waals surface area contributed by atoms with Gasteiger partial charge in [0.2, 0.25) is 5.95 Å². The molecule has 14 heteroatoms. The quantitative estimate of drug-likeness (QED) is 0.222. The van der Waals surface area contributed by atoms with Crippen molar-refractivity contribution in [2.75, 3.05) is 23.7 Å². The van der Waals surface area contributed by atoms with Crippen LogP contribution < -0.4 is 10.6 Å². The third-order valence-corrected chi connectivity index (χ3v) is 4.77. The minimum absolute atomic E-state index is 0.0712. The van der Waals surface area contributed by atoms with Crippen LogP contribution in [0.4, 0.5) is 17.5 Å². The maximum atomic E-state index is 10.7. The molecule has 12 nitrogen and oxygen atoms in total. The van der Waals surface area contributed by atoms with Gasteiger partial charge < -0.3 is 10.6 Å². The highest BCUT2D eigenvalue weighted by Gasteiger charge is 2.15. The second-order valence-electron chi connectivity index (χ2n) is 6.32. The van der Waals surface area contributed by atoms with E-state index in [0.29, 0.717) is 51.8 Å². The van der Waals surface area contributed by atoms with E-state index in [2.05, 4.69) is 41.1 Å². The van der Waals surface area contributed by atoms with E-state index < -0.39 is 4.92 Å². The fourth-order valence-corrected chi connectivity index (χ4v) is 3.24.